The van der Waals surface area contributed by atoms with Gasteiger partial charge in [-0.15, -0.1) is 0 Å². The lowest BCUT2D eigenvalue weighted by molar-refractivity contribution is 0.0940. The van der Waals surface area contributed by atoms with Crippen molar-refractivity contribution in [1.29, 1.82) is 0 Å². The van der Waals surface area contributed by atoms with Crippen molar-refractivity contribution in [2.45, 2.75) is 19.4 Å². The summed E-state index contributed by atoms with van der Waals surface area (Å²) in [5, 5.41) is 2.94. The Balaban J connectivity index is 1.78. The monoisotopic (exact) mass is 344 g/mol. The number of sulfonamides is 1. The fourth-order valence-corrected chi connectivity index (χ4v) is 4.39. The maximum absolute atomic E-state index is 12.5. The number of carbonyl (C=O) groups excluding carboxylic acids is 1. The molecule has 1 amide bonds. The second kappa shape index (κ2) is 6.65. The maximum atomic E-state index is 12.5. The first-order valence-electron chi connectivity index (χ1n) is 7.94. The van der Waals surface area contributed by atoms with Crippen LogP contribution in [0.3, 0.4) is 0 Å². The van der Waals surface area contributed by atoms with Crippen LogP contribution in [0.25, 0.3) is 0 Å². The van der Waals surface area contributed by atoms with E-state index in [0.717, 1.165) is 5.56 Å². The van der Waals surface area contributed by atoms with Gasteiger partial charge in [0.15, 0.2) is 0 Å². The smallest absolute Gasteiger partial charge is 0.251 e. The first-order chi connectivity index (χ1) is 11.5. The van der Waals surface area contributed by atoms with E-state index >= 15 is 0 Å². The number of hydrogen-bond donors (Lipinski definition) is 1. The Morgan fingerprint density at radius 2 is 1.88 bits per heavy atom. The van der Waals surface area contributed by atoms with Crippen molar-refractivity contribution in [1.82, 2.24) is 5.32 Å². The molecule has 0 aromatic heterocycles. The van der Waals surface area contributed by atoms with Gasteiger partial charge in [0.25, 0.3) is 5.91 Å². The van der Waals surface area contributed by atoms with Gasteiger partial charge in [0.2, 0.25) is 10.0 Å². The Bertz CT molecular complexity index is 834. The van der Waals surface area contributed by atoms with Gasteiger partial charge in [-0.3, -0.25) is 9.10 Å². The molecule has 3 rings (SSSR count). The van der Waals surface area contributed by atoms with Crippen molar-refractivity contribution in [3.63, 3.8) is 0 Å². The number of benzene rings is 2. The molecule has 1 N–H and O–H groups in total. The SMILES string of the molecule is C[C@H](NC(=O)c1cccc(N2CCCS2(=O)=O)c1)c1ccccc1. The van der Waals surface area contributed by atoms with E-state index in [2.05, 4.69) is 5.32 Å². The number of rotatable bonds is 4. The van der Waals surface area contributed by atoms with Gasteiger partial charge in [0.1, 0.15) is 0 Å². The Labute approximate surface area is 142 Å². The zero-order valence-electron chi connectivity index (χ0n) is 13.5. The average Bonchev–Trinajstić information content (AvgIpc) is 2.95. The molecule has 2 aromatic rings. The molecule has 0 aliphatic carbocycles. The number of hydrogen-bond acceptors (Lipinski definition) is 3. The van der Waals surface area contributed by atoms with E-state index in [1.165, 1.54) is 4.31 Å². The van der Waals surface area contributed by atoms with Crippen molar-refractivity contribution in [3.05, 3.63) is 65.7 Å². The molecule has 0 unspecified atom stereocenters. The van der Waals surface area contributed by atoms with Crippen LogP contribution in [0.2, 0.25) is 0 Å². The molecule has 24 heavy (non-hydrogen) atoms. The highest BCUT2D eigenvalue weighted by Crippen LogP contribution is 2.25. The van der Waals surface area contributed by atoms with E-state index < -0.39 is 10.0 Å². The lowest BCUT2D eigenvalue weighted by atomic mass is 10.1. The summed E-state index contributed by atoms with van der Waals surface area (Å²) < 4.78 is 25.4. The van der Waals surface area contributed by atoms with Crippen LogP contribution in [-0.2, 0) is 10.0 Å². The minimum atomic E-state index is -3.25. The number of anilines is 1. The van der Waals surface area contributed by atoms with Crippen molar-refractivity contribution < 1.29 is 13.2 Å². The lowest BCUT2D eigenvalue weighted by Crippen LogP contribution is -2.28. The molecule has 1 atom stereocenters. The quantitative estimate of drug-likeness (QED) is 0.927. The summed E-state index contributed by atoms with van der Waals surface area (Å²) in [5.74, 6) is -0.0566. The first-order valence-corrected chi connectivity index (χ1v) is 9.54. The highest BCUT2D eigenvalue weighted by Gasteiger charge is 2.28. The van der Waals surface area contributed by atoms with E-state index in [4.69, 9.17) is 0 Å². The van der Waals surface area contributed by atoms with Crippen molar-refractivity contribution in [3.8, 4) is 0 Å². The van der Waals surface area contributed by atoms with Crippen LogP contribution in [0, 0.1) is 0 Å². The molecular formula is C18H20N2O3S. The molecule has 0 bridgehead atoms. The molecule has 1 heterocycles. The molecule has 5 nitrogen and oxygen atoms in total. The Kier molecular flexibility index (Phi) is 4.57. The lowest BCUT2D eigenvalue weighted by Gasteiger charge is -2.18. The predicted octanol–water partition coefficient (Wildman–Crippen LogP) is 2.72. The zero-order chi connectivity index (χ0) is 17.2. The average molecular weight is 344 g/mol. The fraction of sp³-hybridized carbons (Fsp3) is 0.278. The van der Waals surface area contributed by atoms with Crippen molar-refractivity contribution >= 4 is 21.6 Å². The predicted molar refractivity (Wildman–Crippen MR) is 94.5 cm³/mol. The van der Waals surface area contributed by atoms with Gasteiger partial charge in [0, 0.05) is 12.1 Å². The summed E-state index contributed by atoms with van der Waals surface area (Å²) in [6.07, 6.45) is 0.615. The molecule has 1 saturated heterocycles. The van der Waals surface area contributed by atoms with Gasteiger partial charge in [0.05, 0.1) is 17.5 Å². The number of nitrogens with one attached hydrogen (secondary N) is 1. The highest BCUT2D eigenvalue weighted by atomic mass is 32.2. The Hall–Kier alpha value is -2.34. The minimum absolute atomic E-state index is 0.127. The Morgan fingerprint density at radius 1 is 1.12 bits per heavy atom. The van der Waals surface area contributed by atoms with Crippen LogP contribution in [-0.4, -0.2) is 26.6 Å². The first kappa shape index (κ1) is 16.5. The van der Waals surface area contributed by atoms with Crippen LogP contribution in [0.5, 0.6) is 0 Å². The van der Waals surface area contributed by atoms with Crippen LogP contribution < -0.4 is 9.62 Å². The van der Waals surface area contributed by atoms with E-state index in [-0.39, 0.29) is 17.7 Å². The Morgan fingerprint density at radius 3 is 2.54 bits per heavy atom. The van der Waals surface area contributed by atoms with Crippen LogP contribution in [0.4, 0.5) is 5.69 Å². The van der Waals surface area contributed by atoms with Gasteiger partial charge in [-0.2, -0.15) is 0 Å². The molecule has 0 saturated carbocycles. The van der Waals surface area contributed by atoms with Crippen molar-refractivity contribution in [2.75, 3.05) is 16.6 Å². The molecule has 1 fully saturated rings. The molecule has 6 heteroatoms. The summed E-state index contributed by atoms with van der Waals surface area (Å²) in [6, 6.07) is 16.3. The van der Waals surface area contributed by atoms with Crippen LogP contribution >= 0.6 is 0 Å². The molecular weight excluding hydrogens is 324 g/mol. The van der Waals surface area contributed by atoms with E-state index in [1.807, 2.05) is 37.3 Å². The highest BCUT2D eigenvalue weighted by molar-refractivity contribution is 7.93. The summed E-state index contributed by atoms with van der Waals surface area (Å²) in [6.45, 7) is 2.38. The molecule has 1 aliphatic heterocycles. The summed E-state index contributed by atoms with van der Waals surface area (Å²) >= 11 is 0. The summed E-state index contributed by atoms with van der Waals surface area (Å²) in [4.78, 5) is 12.5. The molecule has 126 valence electrons. The van der Waals surface area contributed by atoms with E-state index in [0.29, 0.717) is 24.2 Å². The van der Waals surface area contributed by atoms with Gasteiger partial charge >= 0.3 is 0 Å². The number of nitrogens with zero attached hydrogens (tertiary/aromatic N) is 1. The topological polar surface area (TPSA) is 66.5 Å². The largest absolute Gasteiger partial charge is 0.346 e. The number of amides is 1. The molecule has 1 aliphatic rings. The van der Waals surface area contributed by atoms with Gasteiger partial charge in [-0.25, -0.2) is 8.42 Å². The minimum Gasteiger partial charge on any atom is -0.346 e. The van der Waals surface area contributed by atoms with E-state index in [1.54, 1.807) is 24.3 Å². The maximum Gasteiger partial charge on any atom is 0.251 e. The van der Waals surface area contributed by atoms with Crippen LogP contribution in [0.15, 0.2) is 54.6 Å². The second-order valence-electron chi connectivity index (χ2n) is 5.90. The normalized spacial score (nSPS) is 17.5. The molecule has 2 aromatic carbocycles. The fourth-order valence-electron chi connectivity index (χ4n) is 2.84. The third-order valence-corrected chi connectivity index (χ3v) is 6.01. The van der Waals surface area contributed by atoms with Crippen molar-refractivity contribution in [2.24, 2.45) is 0 Å². The van der Waals surface area contributed by atoms with Gasteiger partial charge in [-0.05, 0) is 37.1 Å². The molecule has 0 spiro atoms. The van der Waals surface area contributed by atoms with E-state index in [9.17, 15) is 13.2 Å². The zero-order valence-corrected chi connectivity index (χ0v) is 14.3. The number of carbonyl (C=O) groups is 1. The summed E-state index contributed by atoms with van der Waals surface area (Å²) in [7, 11) is -3.25. The second-order valence-corrected chi connectivity index (χ2v) is 7.91. The van der Waals surface area contributed by atoms with Gasteiger partial charge in [-0.1, -0.05) is 36.4 Å². The van der Waals surface area contributed by atoms with Gasteiger partial charge < -0.3 is 5.32 Å². The summed E-state index contributed by atoms with van der Waals surface area (Å²) in [5.41, 5.74) is 2.02. The standard InChI is InChI=1S/C18H20N2O3S/c1-14(15-7-3-2-4-8-15)19-18(21)16-9-5-10-17(13-16)20-11-6-12-24(20,22)23/h2-5,7-10,13-14H,6,11-12H2,1H3,(H,19,21)/t14-/m0/s1. The molecule has 0 radical (unpaired) electrons. The third kappa shape index (κ3) is 3.43. The third-order valence-electron chi connectivity index (χ3n) is 4.14. The van der Waals surface area contributed by atoms with Crippen LogP contribution in [0.1, 0.15) is 35.3 Å².